The van der Waals surface area contributed by atoms with E-state index >= 15 is 0 Å². The molecule has 0 N–H and O–H groups in total. The number of carbonyl (C=O) groups is 1. The monoisotopic (exact) mass is 161 g/mol. The molecule has 0 aromatic heterocycles. The standard InChI is InChI=1S/C10H11NO/c12-10-7-4-8-11(10)9-5-2-1-3-6-9/h1-3,5-6H,4,7-8H2. The van der Waals surface area contributed by atoms with E-state index in [1.165, 1.54) is 0 Å². The smallest absolute Gasteiger partial charge is 0.227 e. The van der Waals surface area contributed by atoms with E-state index in [0.29, 0.717) is 6.42 Å². The van der Waals surface area contributed by atoms with Gasteiger partial charge < -0.3 is 4.90 Å². The maximum Gasteiger partial charge on any atom is 0.227 e. The SMILES string of the molecule is O=C1CCCN1c1ccccc1. The van der Waals surface area contributed by atoms with Gasteiger partial charge in [-0.05, 0) is 18.6 Å². The lowest BCUT2D eigenvalue weighted by Crippen LogP contribution is -2.23. The van der Waals surface area contributed by atoms with Crippen molar-refractivity contribution in [3.63, 3.8) is 0 Å². The van der Waals surface area contributed by atoms with E-state index in [-0.39, 0.29) is 5.91 Å². The van der Waals surface area contributed by atoms with Crippen LogP contribution in [0.15, 0.2) is 30.3 Å². The number of benzene rings is 1. The van der Waals surface area contributed by atoms with Gasteiger partial charge in [-0.2, -0.15) is 0 Å². The summed E-state index contributed by atoms with van der Waals surface area (Å²) in [5, 5.41) is 0. The van der Waals surface area contributed by atoms with Gasteiger partial charge in [-0.3, -0.25) is 4.79 Å². The molecule has 62 valence electrons. The summed E-state index contributed by atoms with van der Waals surface area (Å²) in [4.78, 5) is 13.1. The third-order valence-electron chi connectivity index (χ3n) is 2.14. The first-order chi connectivity index (χ1) is 5.88. The number of amides is 1. The number of nitrogens with zero attached hydrogens (tertiary/aromatic N) is 1. The minimum Gasteiger partial charge on any atom is -0.312 e. The molecule has 1 aliphatic heterocycles. The number of hydrogen-bond acceptors (Lipinski definition) is 1. The van der Waals surface area contributed by atoms with E-state index in [2.05, 4.69) is 0 Å². The minimum atomic E-state index is 0.251. The second kappa shape index (κ2) is 2.97. The fourth-order valence-electron chi connectivity index (χ4n) is 1.53. The van der Waals surface area contributed by atoms with Crippen molar-refractivity contribution >= 4 is 11.6 Å². The Morgan fingerprint density at radius 2 is 1.92 bits per heavy atom. The Balaban J connectivity index is 2.25. The summed E-state index contributed by atoms with van der Waals surface area (Å²) in [7, 11) is 0. The number of carbonyl (C=O) groups excluding carboxylic acids is 1. The lowest BCUT2D eigenvalue weighted by Gasteiger charge is -2.14. The quantitative estimate of drug-likeness (QED) is 0.615. The van der Waals surface area contributed by atoms with E-state index in [1.807, 2.05) is 35.2 Å². The van der Waals surface area contributed by atoms with E-state index in [9.17, 15) is 4.79 Å². The lowest BCUT2D eigenvalue weighted by atomic mass is 10.3. The van der Waals surface area contributed by atoms with Crippen molar-refractivity contribution < 1.29 is 4.79 Å². The highest BCUT2D eigenvalue weighted by atomic mass is 16.2. The maximum absolute atomic E-state index is 11.3. The third-order valence-corrected chi connectivity index (χ3v) is 2.14. The van der Waals surface area contributed by atoms with Gasteiger partial charge in [0, 0.05) is 18.7 Å². The van der Waals surface area contributed by atoms with Gasteiger partial charge in [0.15, 0.2) is 0 Å². The fourth-order valence-corrected chi connectivity index (χ4v) is 1.53. The molecule has 0 saturated carbocycles. The molecule has 1 aliphatic rings. The molecule has 0 unspecified atom stereocenters. The Morgan fingerprint density at radius 3 is 2.50 bits per heavy atom. The summed E-state index contributed by atoms with van der Waals surface area (Å²) in [5.41, 5.74) is 1.03. The fraction of sp³-hybridized carbons (Fsp3) is 0.300. The molecule has 0 spiro atoms. The Kier molecular flexibility index (Phi) is 1.82. The second-order valence-corrected chi connectivity index (χ2v) is 2.98. The molecule has 1 amide bonds. The summed E-state index contributed by atoms with van der Waals surface area (Å²) in [6, 6.07) is 9.83. The summed E-state index contributed by atoms with van der Waals surface area (Å²) in [6.45, 7) is 0.878. The van der Waals surface area contributed by atoms with Gasteiger partial charge in [-0.25, -0.2) is 0 Å². The van der Waals surface area contributed by atoms with Gasteiger partial charge in [0.05, 0.1) is 0 Å². The van der Waals surface area contributed by atoms with Crippen molar-refractivity contribution in [2.24, 2.45) is 0 Å². The first-order valence-electron chi connectivity index (χ1n) is 4.23. The minimum absolute atomic E-state index is 0.251. The van der Waals surface area contributed by atoms with E-state index < -0.39 is 0 Å². The predicted molar refractivity (Wildman–Crippen MR) is 48.0 cm³/mol. The van der Waals surface area contributed by atoms with Crippen LogP contribution >= 0.6 is 0 Å². The molecule has 1 aromatic rings. The van der Waals surface area contributed by atoms with Crippen LogP contribution in [0.4, 0.5) is 5.69 Å². The largest absolute Gasteiger partial charge is 0.312 e. The topological polar surface area (TPSA) is 20.3 Å². The summed E-state index contributed by atoms with van der Waals surface area (Å²) >= 11 is 0. The normalized spacial score (nSPS) is 17.0. The predicted octanol–water partition coefficient (Wildman–Crippen LogP) is 1.81. The highest BCUT2D eigenvalue weighted by Gasteiger charge is 2.20. The van der Waals surface area contributed by atoms with Gasteiger partial charge in [0.2, 0.25) is 5.91 Å². The molecular weight excluding hydrogens is 150 g/mol. The Labute approximate surface area is 71.8 Å². The second-order valence-electron chi connectivity index (χ2n) is 2.98. The molecule has 2 nitrogen and oxygen atoms in total. The van der Waals surface area contributed by atoms with Crippen LogP contribution in [0.2, 0.25) is 0 Å². The summed E-state index contributed by atoms with van der Waals surface area (Å²) in [6.07, 6.45) is 1.70. The summed E-state index contributed by atoms with van der Waals surface area (Å²) < 4.78 is 0. The van der Waals surface area contributed by atoms with Gasteiger partial charge in [-0.1, -0.05) is 18.2 Å². The number of rotatable bonds is 1. The molecule has 1 heterocycles. The molecule has 1 aromatic carbocycles. The van der Waals surface area contributed by atoms with Crippen molar-refractivity contribution in [2.45, 2.75) is 12.8 Å². The first-order valence-corrected chi connectivity index (χ1v) is 4.23. The van der Waals surface area contributed by atoms with Crippen LogP contribution in [0.25, 0.3) is 0 Å². The molecule has 0 radical (unpaired) electrons. The first kappa shape index (κ1) is 7.35. The molecule has 0 bridgehead atoms. The number of para-hydroxylation sites is 1. The molecule has 1 saturated heterocycles. The zero-order valence-electron chi connectivity index (χ0n) is 6.86. The third kappa shape index (κ3) is 1.20. The van der Waals surface area contributed by atoms with Gasteiger partial charge in [0.25, 0.3) is 0 Å². The highest BCUT2D eigenvalue weighted by Crippen LogP contribution is 2.19. The molecule has 12 heavy (non-hydrogen) atoms. The van der Waals surface area contributed by atoms with Crippen molar-refractivity contribution in [2.75, 3.05) is 11.4 Å². The Bertz CT molecular complexity index is 281. The van der Waals surface area contributed by atoms with Gasteiger partial charge >= 0.3 is 0 Å². The van der Waals surface area contributed by atoms with Crippen LogP contribution in [0.3, 0.4) is 0 Å². The summed E-state index contributed by atoms with van der Waals surface area (Å²) in [5.74, 6) is 0.251. The highest BCUT2D eigenvalue weighted by molar-refractivity contribution is 5.95. The van der Waals surface area contributed by atoms with Crippen molar-refractivity contribution in [3.8, 4) is 0 Å². The number of hydrogen-bond donors (Lipinski definition) is 0. The maximum atomic E-state index is 11.3. The van der Waals surface area contributed by atoms with Crippen molar-refractivity contribution in [3.05, 3.63) is 30.3 Å². The molecule has 1 fully saturated rings. The zero-order chi connectivity index (χ0) is 8.39. The Morgan fingerprint density at radius 1 is 1.17 bits per heavy atom. The van der Waals surface area contributed by atoms with Crippen LogP contribution < -0.4 is 4.90 Å². The van der Waals surface area contributed by atoms with E-state index in [0.717, 1.165) is 18.7 Å². The van der Waals surface area contributed by atoms with E-state index in [1.54, 1.807) is 0 Å². The van der Waals surface area contributed by atoms with Gasteiger partial charge in [-0.15, -0.1) is 0 Å². The van der Waals surface area contributed by atoms with Crippen LogP contribution in [0.5, 0.6) is 0 Å². The average Bonchev–Trinajstić information content (AvgIpc) is 2.53. The van der Waals surface area contributed by atoms with Crippen LogP contribution in [0, 0.1) is 0 Å². The average molecular weight is 161 g/mol. The van der Waals surface area contributed by atoms with Crippen molar-refractivity contribution in [1.29, 1.82) is 0 Å². The van der Waals surface area contributed by atoms with Crippen LogP contribution in [-0.2, 0) is 4.79 Å². The van der Waals surface area contributed by atoms with Crippen LogP contribution in [0.1, 0.15) is 12.8 Å². The van der Waals surface area contributed by atoms with Crippen molar-refractivity contribution in [1.82, 2.24) is 0 Å². The Hall–Kier alpha value is -1.31. The zero-order valence-corrected chi connectivity index (χ0v) is 6.86. The lowest BCUT2D eigenvalue weighted by molar-refractivity contribution is -0.117. The van der Waals surface area contributed by atoms with Gasteiger partial charge in [0.1, 0.15) is 0 Å². The van der Waals surface area contributed by atoms with E-state index in [4.69, 9.17) is 0 Å². The molecule has 2 heteroatoms. The molecule has 0 aliphatic carbocycles. The number of anilines is 1. The van der Waals surface area contributed by atoms with Crippen LogP contribution in [-0.4, -0.2) is 12.5 Å². The molecular formula is C10H11NO. The molecule has 0 atom stereocenters. The molecule has 2 rings (SSSR count).